The first-order valence-electron chi connectivity index (χ1n) is 8.51. The van der Waals surface area contributed by atoms with Crippen LogP contribution in [-0.2, 0) is 22.7 Å². The number of nitrogens with zero attached hydrogens (tertiary/aromatic N) is 2. The van der Waals surface area contributed by atoms with Crippen LogP contribution in [-0.4, -0.2) is 46.3 Å². The summed E-state index contributed by atoms with van der Waals surface area (Å²) in [5, 5.41) is 3.01. The molecule has 24 heavy (non-hydrogen) atoms. The Hall–Kier alpha value is -1.53. The normalized spacial score (nSPS) is 17.6. The number of hydrogen-bond acceptors (Lipinski definition) is 4. The number of thioether (sulfide) groups is 1. The third-order valence-corrected chi connectivity index (χ3v) is 5.45. The van der Waals surface area contributed by atoms with Crippen molar-refractivity contribution in [1.29, 1.82) is 0 Å². The number of rotatable bonds is 6. The average Bonchev–Trinajstić information content (AvgIpc) is 3.12. The summed E-state index contributed by atoms with van der Waals surface area (Å²) in [6, 6.07) is 6.10. The maximum atomic E-state index is 12.3. The van der Waals surface area contributed by atoms with Gasteiger partial charge in [0, 0.05) is 18.8 Å². The molecule has 1 aromatic carbocycles. The van der Waals surface area contributed by atoms with Crippen molar-refractivity contribution >= 4 is 29.3 Å². The molecule has 0 spiro atoms. The minimum absolute atomic E-state index is 0.0494. The number of anilines is 1. The highest BCUT2D eigenvalue weighted by Gasteiger charge is 2.25. The van der Waals surface area contributed by atoms with Crippen LogP contribution in [0.3, 0.4) is 0 Å². The Bertz CT molecular complexity index is 633. The van der Waals surface area contributed by atoms with E-state index in [0.29, 0.717) is 17.5 Å². The molecule has 1 N–H and O–H groups in total. The average molecular weight is 347 g/mol. The van der Waals surface area contributed by atoms with Crippen LogP contribution in [0.2, 0.25) is 0 Å². The van der Waals surface area contributed by atoms with Crippen LogP contribution in [0.4, 0.5) is 5.69 Å². The van der Waals surface area contributed by atoms with Crippen molar-refractivity contribution in [2.24, 2.45) is 5.92 Å². The molecule has 1 fully saturated rings. The van der Waals surface area contributed by atoms with E-state index in [2.05, 4.69) is 30.1 Å². The summed E-state index contributed by atoms with van der Waals surface area (Å²) in [5.74, 6) is 1.73. The van der Waals surface area contributed by atoms with Gasteiger partial charge in [-0.3, -0.25) is 14.5 Å². The van der Waals surface area contributed by atoms with Crippen molar-refractivity contribution in [2.45, 2.75) is 33.4 Å². The molecule has 0 aliphatic carbocycles. The molecule has 2 amide bonds. The minimum Gasteiger partial charge on any atom is -0.324 e. The van der Waals surface area contributed by atoms with Crippen molar-refractivity contribution in [3.8, 4) is 0 Å². The van der Waals surface area contributed by atoms with Gasteiger partial charge >= 0.3 is 0 Å². The second-order valence-corrected chi connectivity index (χ2v) is 7.91. The molecule has 5 nitrogen and oxygen atoms in total. The molecule has 2 aliphatic heterocycles. The molecule has 1 aromatic rings. The van der Waals surface area contributed by atoms with Gasteiger partial charge in [0.1, 0.15) is 6.54 Å². The molecular weight excluding hydrogens is 322 g/mol. The maximum absolute atomic E-state index is 12.3. The summed E-state index contributed by atoms with van der Waals surface area (Å²) in [7, 11) is 0. The Labute approximate surface area is 147 Å². The third kappa shape index (κ3) is 4.11. The molecule has 130 valence electrons. The molecule has 3 rings (SSSR count). The SMILES string of the molecule is CC(C)CCN1Cc2cccc(NC(=O)CN3CSCC3=O)c2C1. The second-order valence-electron chi connectivity index (χ2n) is 6.95. The van der Waals surface area contributed by atoms with Gasteiger partial charge in [-0.2, -0.15) is 0 Å². The fourth-order valence-electron chi connectivity index (χ4n) is 3.11. The van der Waals surface area contributed by atoms with E-state index < -0.39 is 0 Å². The number of carbonyl (C=O) groups is 2. The van der Waals surface area contributed by atoms with Gasteiger partial charge < -0.3 is 10.2 Å². The van der Waals surface area contributed by atoms with Gasteiger partial charge in [-0.15, -0.1) is 11.8 Å². The Morgan fingerprint density at radius 3 is 2.88 bits per heavy atom. The highest BCUT2D eigenvalue weighted by molar-refractivity contribution is 8.00. The topological polar surface area (TPSA) is 52.7 Å². The van der Waals surface area contributed by atoms with Crippen molar-refractivity contribution in [1.82, 2.24) is 9.80 Å². The maximum Gasteiger partial charge on any atom is 0.244 e. The lowest BCUT2D eigenvalue weighted by Gasteiger charge is -2.17. The van der Waals surface area contributed by atoms with E-state index >= 15 is 0 Å². The number of amides is 2. The first-order valence-corrected chi connectivity index (χ1v) is 9.67. The molecule has 1 saturated heterocycles. The van der Waals surface area contributed by atoms with Gasteiger partial charge in [0.25, 0.3) is 0 Å². The molecular formula is C18H25N3O2S. The van der Waals surface area contributed by atoms with Gasteiger partial charge in [-0.05, 0) is 36.1 Å². The molecule has 0 unspecified atom stereocenters. The van der Waals surface area contributed by atoms with Gasteiger partial charge in [0.15, 0.2) is 0 Å². The summed E-state index contributed by atoms with van der Waals surface area (Å²) in [6.07, 6.45) is 1.18. The molecule has 0 bridgehead atoms. The van der Waals surface area contributed by atoms with Crippen molar-refractivity contribution in [3.05, 3.63) is 29.3 Å². The Balaban J connectivity index is 1.61. The number of fused-ring (bicyclic) bond motifs is 1. The predicted octanol–water partition coefficient (Wildman–Crippen LogP) is 2.52. The van der Waals surface area contributed by atoms with Gasteiger partial charge in [-0.1, -0.05) is 26.0 Å². The van der Waals surface area contributed by atoms with Crippen molar-refractivity contribution in [3.63, 3.8) is 0 Å². The fourth-order valence-corrected chi connectivity index (χ4v) is 4.01. The van der Waals surface area contributed by atoms with Gasteiger partial charge in [-0.25, -0.2) is 0 Å². The van der Waals surface area contributed by atoms with E-state index in [9.17, 15) is 9.59 Å². The molecule has 0 aromatic heterocycles. The molecule has 0 saturated carbocycles. The van der Waals surface area contributed by atoms with Crippen LogP contribution in [0, 0.1) is 5.92 Å². The van der Waals surface area contributed by atoms with Gasteiger partial charge in [0.2, 0.25) is 11.8 Å². The van der Waals surface area contributed by atoms with Gasteiger partial charge in [0.05, 0.1) is 11.6 Å². The van der Waals surface area contributed by atoms with Crippen molar-refractivity contribution in [2.75, 3.05) is 30.0 Å². The molecule has 0 atom stereocenters. The van der Waals surface area contributed by atoms with Crippen LogP contribution < -0.4 is 5.32 Å². The standard InChI is InChI=1S/C18H25N3O2S/c1-13(2)6-7-20-8-14-4-3-5-16(15(14)9-20)19-17(22)10-21-12-24-11-18(21)23/h3-5,13H,6-12H2,1-2H3,(H,19,22). The van der Waals surface area contributed by atoms with Crippen molar-refractivity contribution < 1.29 is 9.59 Å². The van der Waals surface area contributed by atoms with E-state index in [4.69, 9.17) is 0 Å². The second kappa shape index (κ2) is 7.57. The van der Waals surface area contributed by atoms with Crippen LogP contribution in [0.25, 0.3) is 0 Å². The fraction of sp³-hybridized carbons (Fsp3) is 0.556. The number of hydrogen-bond donors (Lipinski definition) is 1. The summed E-state index contributed by atoms with van der Waals surface area (Å²) in [4.78, 5) is 28.0. The predicted molar refractivity (Wildman–Crippen MR) is 97.7 cm³/mol. The molecule has 6 heteroatoms. The highest BCUT2D eigenvalue weighted by Crippen LogP contribution is 2.29. The smallest absolute Gasteiger partial charge is 0.244 e. The van der Waals surface area contributed by atoms with Crippen LogP contribution in [0.15, 0.2) is 18.2 Å². The Morgan fingerprint density at radius 1 is 1.33 bits per heavy atom. The lowest BCUT2D eigenvalue weighted by atomic mass is 10.1. The first kappa shape index (κ1) is 17.3. The summed E-state index contributed by atoms with van der Waals surface area (Å²) >= 11 is 1.56. The third-order valence-electron chi connectivity index (χ3n) is 4.51. The van der Waals surface area contributed by atoms with E-state index in [0.717, 1.165) is 25.3 Å². The van der Waals surface area contributed by atoms with Crippen LogP contribution in [0.5, 0.6) is 0 Å². The number of carbonyl (C=O) groups excluding carboxylic acids is 2. The zero-order valence-electron chi connectivity index (χ0n) is 14.4. The molecule has 2 heterocycles. The zero-order valence-corrected chi connectivity index (χ0v) is 15.2. The Morgan fingerprint density at radius 2 is 2.17 bits per heavy atom. The largest absolute Gasteiger partial charge is 0.324 e. The minimum atomic E-state index is -0.111. The van der Waals surface area contributed by atoms with E-state index in [-0.39, 0.29) is 18.4 Å². The Kier molecular flexibility index (Phi) is 5.46. The lowest BCUT2D eigenvalue weighted by Crippen LogP contribution is -2.34. The molecule has 0 radical (unpaired) electrons. The van der Waals surface area contributed by atoms with Crippen LogP contribution in [0.1, 0.15) is 31.4 Å². The number of benzene rings is 1. The molecule has 2 aliphatic rings. The first-order chi connectivity index (χ1) is 11.5. The lowest BCUT2D eigenvalue weighted by molar-refractivity contribution is -0.130. The highest BCUT2D eigenvalue weighted by atomic mass is 32.2. The van der Waals surface area contributed by atoms with Crippen LogP contribution >= 0.6 is 11.8 Å². The van der Waals surface area contributed by atoms with E-state index in [1.807, 2.05) is 12.1 Å². The summed E-state index contributed by atoms with van der Waals surface area (Å²) in [6.45, 7) is 7.55. The summed E-state index contributed by atoms with van der Waals surface area (Å²) in [5.41, 5.74) is 3.41. The zero-order chi connectivity index (χ0) is 17.1. The summed E-state index contributed by atoms with van der Waals surface area (Å²) < 4.78 is 0. The monoisotopic (exact) mass is 347 g/mol. The van der Waals surface area contributed by atoms with E-state index in [1.165, 1.54) is 17.5 Å². The quantitative estimate of drug-likeness (QED) is 0.859. The number of nitrogens with one attached hydrogen (secondary N) is 1. The van der Waals surface area contributed by atoms with E-state index in [1.54, 1.807) is 16.7 Å².